The molecule has 6 heteroatoms. The Morgan fingerprint density at radius 1 is 1.00 bits per heavy atom. The van der Waals surface area contributed by atoms with Gasteiger partial charge in [-0.15, -0.1) is 0 Å². The Hall–Kier alpha value is -0.870. The molecule has 0 atom stereocenters. The van der Waals surface area contributed by atoms with Gasteiger partial charge in [-0.25, -0.2) is 4.57 Å². The van der Waals surface area contributed by atoms with Crippen molar-refractivity contribution in [3.05, 3.63) is 29.3 Å². The van der Waals surface area contributed by atoms with Gasteiger partial charge in [0.1, 0.15) is 5.75 Å². The highest BCUT2D eigenvalue weighted by molar-refractivity contribution is 7.46. The maximum Gasteiger partial charge on any atom is 0.524 e. The van der Waals surface area contributed by atoms with Crippen molar-refractivity contribution in [1.29, 1.82) is 0 Å². The van der Waals surface area contributed by atoms with Crippen LogP contribution in [-0.4, -0.2) is 15.3 Å². The van der Waals surface area contributed by atoms with Crippen molar-refractivity contribution in [3.8, 4) is 5.75 Å². The lowest BCUT2D eigenvalue weighted by Crippen LogP contribution is -2.17. The van der Waals surface area contributed by atoms with Gasteiger partial charge in [-0.05, 0) is 22.5 Å². The molecule has 0 spiro atoms. The van der Waals surface area contributed by atoms with E-state index in [2.05, 4.69) is 20.8 Å². The van der Waals surface area contributed by atoms with Gasteiger partial charge in [-0.1, -0.05) is 53.7 Å². The minimum Gasteiger partial charge on any atom is -0.412 e. The summed E-state index contributed by atoms with van der Waals surface area (Å²) < 4.78 is 15.8. The third kappa shape index (κ3) is 5.25. The van der Waals surface area contributed by atoms with E-state index in [0.717, 1.165) is 11.1 Å². The summed E-state index contributed by atoms with van der Waals surface area (Å²) >= 11 is 0. The van der Waals surface area contributed by atoms with E-state index in [4.69, 9.17) is 14.3 Å². The standard InChI is InChI=1S/C14H23O4P.H2O/c1-13(2,3)10-7-8-12(18-19(15,16)17)11(9-10)14(4,5)6;/h7-9H,1-6H3,(H2,15,16,17);1H2. The number of hydrogen-bond donors (Lipinski definition) is 2. The lowest BCUT2D eigenvalue weighted by atomic mass is 9.80. The number of rotatable bonds is 2. The Morgan fingerprint density at radius 3 is 1.85 bits per heavy atom. The maximum absolute atomic E-state index is 11.0. The second-order valence-corrected chi connectivity index (χ2v) is 7.96. The van der Waals surface area contributed by atoms with E-state index >= 15 is 0 Å². The van der Waals surface area contributed by atoms with Crippen molar-refractivity contribution in [2.24, 2.45) is 0 Å². The normalized spacial score (nSPS) is 12.8. The second kappa shape index (κ2) is 5.86. The molecule has 0 fully saturated rings. The van der Waals surface area contributed by atoms with E-state index in [1.54, 1.807) is 6.07 Å². The Balaban J connectivity index is 0.00000361. The molecule has 0 bridgehead atoms. The molecule has 1 rings (SSSR count). The zero-order valence-electron chi connectivity index (χ0n) is 12.9. The first-order valence-electron chi connectivity index (χ1n) is 6.21. The SMILES string of the molecule is CC(C)(C)c1ccc(OP(=O)(O)O)c(C(C)(C)C)c1.O. The van der Waals surface area contributed by atoms with Crippen LogP contribution in [0.4, 0.5) is 0 Å². The number of hydrogen-bond acceptors (Lipinski definition) is 2. The lowest BCUT2D eigenvalue weighted by molar-refractivity contribution is 0.281. The Morgan fingerprint density at radius 2 is 1.50 bits per heavy atom. The predicted octanol–water partition coefficient (Wildman–Crippen LogP) is 2.93. The van der Waals surface area contributed by atoms with E-state index in [-0.39, 0.29) is 22.1 Å². The van der Waals surface area contributed by atoms with E-state index in [9.17, 15) is 4.57 Å². The summed E-state index contributed by atoms with van der Waals surface area (Å²) in [6, 6.07) is 5.45. The highest BCUT2D eigenvalue weighted by Gasteiger charge is 2.26. The third-order valence-corrected chi connectivity index (χ3v) is 3.31. The zero-order valence-corrected chi connectivity index (χ0v) is 13.8. The fourth-order valence-corrected chi connectivity index (χ4v) is 2.21. The van der Waals surface area contributed by atoms with Crippen molar-refractivity contribution >= 4 is 7.82 Å². The summed E-state index contributed by atoms with van der Waals surface area (Å²) in [5, 5.41) is 0. The molecule has 0 saturated heterocycles. The van der Waals surface area contributed by atoms with Gasteiger partial charge >= 0.3 is 7.82 Å². The molecule has 0 aliphatic rings. The van der Waals surface area contributed by atoms with E-state index < -0.39 is 7.82 Å². The molecule has 4 N–H and O–H groups in total. The first kappa shape index (κ1) is 19.1. The second-order valence-electron chi connectivity index (χ2n) is 6.79. The Labute approximate surface area is 120 Å². The molecule has 1 aromatic rings. The van der Waals surface area contributed by atoms with Crippen LogP contribution >= 0.6 is 7.82 Å². The molecule has 0 aliphatic heterocycles. The summed E-state index contributed by atoms with van der Waals surface area (Å²) in [4.78, 5) is 18.0. The van der Waals surface area contributed by atoms with Gasteiger partial charge in [0.05, 0.1) is 0 Å². The number of phosphoric acid groups is 1. The van der Waals surface area contributed by atoms with Gasteiger partial charge < -0.3 is 10.00 Å². The van der Waals surface area contributed by atoms with Gasteiger partial charge in [0, 0.05) is 5.56 Å². The van der Waals surface area contributed by atoms with Gasteiger partial charge in [0.2, 0.25) is 0 Å². The topological polar surface area (TPSA) is 98.3 Å². The molecular weight excluding hydrogens is 279 g/mol. The van der Waals surface area contributed by atoms with E-state index in [1.807, 2.05) is 32.9 Å². The predicted molar refractivity (Wildman–Crippen MR) is 80.1 cm³/mol. The van der Waals surface area contributed by atoms with Crippen molar-refractivity contribution in [1.82, 2.24) is 0 Å². The van der Waals surface area contributed by atoms with E-state index in [0.29, 0.717) is 0 Å². The molecule has 116 valence electrons. The fourth-order valence-electron chi connectivity index (χ4n) is 1.79. The Bertz CT molecular complexity index is 505. The zero-order chi connectivity index (χ0) is 15.1. The van der Waals surface area contributed by atoms with Crippen LogP contribution in [0, 0.1) is 0 Å². The molecule has 20 heavy (non-hydrogen) atoms. The van der Waals surface area contributed by atoms with Gasteiger partial charge in [0.15, 0.2) is 0 Å². The summed E-state index contributed by atoms with van der Waals surface area (Å²) in [6.45, 7) is 12.2. The maximum atomic E-state index is 11.0. The molecule has 0 amide bonds. The fraction of sp³-hybridized carbons (Fsp3) is 0.571. The minimum atomic E-state index is -4.54. The summed E-state index contributed by atoms with van der Waals surface area (Å²) in [5.74, 6) is 0.244. The van der Waals surface area contributed by atoms with Crippen LogP contribution in [0.1, 0.15) is 52.7 Å². The van der Waals surface area contributed by atoms with E-state index in [1.165, 1.54) is 0 Å². The average Bonchev–Trinajstić information content (AvgIpc) is 2.11. The van der Waals surface area contributed by atoms with Crippen LogP contribution in [0.5, 0.6) is 5.75 Å². The molecule has 0 unspecified atom stereocenters. The van der Waals surface area contributed by atoms with Crippen molar-refractivity contribution in [3.63, 3.8) is 0 Å². The first-order valence-corrected chi connectivity index (χ1v) is 7.74. The number of benzene rings is 1. The Kier molecular flexibility index (Phi) is 5.61. The van der Waals surface area contributed by atoms with Crippen LogP contribution in [0.2, 0.25) is 0 Å². The minimum absolute atomic E-state index is 0. The van der Waals surface area contributed by atoms with Crippen molar-refractivity contribution in [2.75, 3.05) is 0 Å². The van der Waals surface area contributed by atoms with Crippen LogP contribution in [0.15, 0.2) is 18.2 Å². The highest BCUT2D eigenvalue weighted by atomic mass is 31.2. The van der Waals surface area contributed by atoms with Gasteiger partial charge in [-0.2, -0.15) is 0 Å². The molecule has 0 radical (unpaired) electrons. The largest absolute Gasteiger partial charge is 0.524 e. The van der Waals surface area contributed by atoms with Crippen LogP contribution in [0.3, 0.4) is 0 Å². The summed E-state index contributed by atoms with van der Waals surface area (Å²) in [7, 11) is -4.54. The van der Waals surface area contributed by atoms with Gasteiger partial charge in [-0.3, -0.25) is 9.79 Å². The lowest BCUT2D eigenvalue weighted by Gasteiger charge is -2.27. The molecule has 0 aliphatic carbocycles. The molecule has 0 heterocycles. The van der Waals surface area contributed by atoms with Crippen LogP contribution < -0.4 is 4.52 Å². The van der Waals surface area contributed by atoms with Crippen LogP contribution in [0.25, 0.3) is 0 Å². The molecular formula is C14H25O5P. The monoisotopic (exact) mass is 304 g/mol. The van der Waals surface area contributed by atoms with Gasteiger partial charge in [0.25, 0.3) is 0 Å². The first-order chi connectivity index (χ1) is 8.31. The highest BCUT2D eigenvalue weighted by Crippen LogP contribution is 2.43. The van der Waals surface area contributed by atoms with Crippen molar-refractivity contribution in [2.45, 2.75) is 52.4 Å². The summed E-state index contributed by atoms with van der Waals surface area (Å²) in [6.07, 6.45) is 0. The third-order valence-electron chi connectivity index (χ3n) is 2.87. The molecule has 5 nitrogen and oxygen atoms in total. The smallest absolute Gasteiger partial charge is 0.412 e. The molecule has 0 saturated carbocycles. The van der Waals surface area contributed by atoms with Crippen LogP contribution in [-0.2, 0) is 15.4 Å². The number of phosphoric ester groups is 1. The summed E-state index contributed by atoms with van der Waals surface area (Å²) in [5.41, 5.74) is 1.62. The molecule has 1 aromatic carbocycles. The average molecular weight is 304 g/mol. The quantitative estimate of drug-likeness (QED) is 0.821. The molecule has 0 aromatic heterocycles. The van der Waals surface area contributed by atoms with Crippen molar-refractivity contribution < 1.29 is 24.4 Å².